The Labute approximate surface area is 164 Å². The summed E-state index contributed by atoms with van der Waals surface area (Å²) in [5.41, 5.74) is 3.77. The van der Waals surface area contributed by atoms with E-state index < -0.39 is 0 Å². The third-order valence-electron chi connectivity index (χ3n) is 5.07. The number of anilines is 1. The number of rotatable bonds is 5. The van der Waals surface area contributed by atoms with Crippen molar-refractivity contribution in [2.45, 2.75) is 33.2 Å². The highest BCUT2D eigenvalue weighted by Gasteiger charge is 2.24. The lowest BCUT2D eigenvalue weighted by molar-refractivity contribution is -0.119. The maximum atomic E-state index is 12.3. The SMILES string of the molecule is CCC(C)C(=O)Nc1cc(-c2c(-c3ccccc3)nn3c2OCCC3)ccn1. The van der Waals surface area contributed by atoms with Gasteiger partial charge in [-0.25, -0.2) is 9.67 Å². The predicted octanol–water partition coefficient (Wildman–Crippen LogP) is 4.38. The summed E-state index contributed by atoms with van der Waals surface area (Å²) >= 11 is 0. The molecular weight excluding hydrogens is 352 g/mol. The minimum Gasteiger partial charge on any atom is -0.477 e. The molecule has 3 heterocycles. The Hall–Kier alpha value is -3.15. The van der Waals surface area contributed by atoms with Crippen molar-refractivity contribution in [1.29, 1.82) is 0 Å². The third kappa shape index (κ3) is 3.50. The van der Waals surface area contributed by atoms with Crippen molar-refractivity contribution >= 4 is 11.7 Å². The monoisotopic (exact) mass is 376 g/mol. The van der Waals surface area contributed by atoms with Gasteiger partial charge in [-0.1, -0.05) is 44.2 Å². The fourth-order valence-corrected chi connectivity index (χ4v) is 3.28. The zero-order valence-electron chi connectivity index (χ0n) is 16.2. The van der Waals surface area contributed by atoms with Crippen molar-refractivity contribution in [3.8, 4) is 28.3 Å². The molecule has 6 heteroatoms. The number of ether oxygens (including phenoxy) is 1. The minimum atomic E-state index is -0.0578. The highest BCUT2D eigenvalue weighted by molar-refractivity contribution is 5.93. The summed E-state index contributed by atoms with van der Waals surface area (Å²) in [6.45, 7) is 5.42. The number of carbonyl (C=O) groups excluding carboxylic acids is 1. The van der Waals surface area contributed by atoms with Crippen LogP contribution < -0.4 is 10.1 Å². The molecule has 0 bridgehead atoms. The summed E-state index contributed by atoms with van der Waals surface area (Å²) < 4.78 is 7.91. The largest absolute Gasteiger partial charge is 0.477 e. The van der Waals surface area contributed by atoms with Crippen LogP contribution >= 0.6 is 0 Å². The average molecular weight is 376 g/mol. The normalized spacial score (nSPS) is 14.1. The Balaban J connectivity index is 1.78. The van der Waals surface area contributed by atoms with E-state index >= 15 is 0 Å². The van der Waals surface area contributed by atoms with Crippen LogP contribution in [-0.4, -0.2) is 27.3 Å². The highest BCUT2D eigenvalue weighted by Crippen LogP contribution is 2.40. The first-order valence-electron chi connectivity index (χ1n) is 9.73. The summed E-state index contributed by atoms with van der Waals surface area (Å²) in [6, 6.07) is 13.9. The van der Waals surface area contributed by atoms with Gasteiger partial charge in [-0.05, 0) is 24.1 Å². The molecule has 1 aromatic carbocycles. The summed E-state index contributed by atoms with van der Waals surface area (Å²) in [4.78, 5) is 16.6. The van der Waals surface area contributed by atoms with Crippen LogP contribution in [0, 0.1) is 5.92 Å². The number of carbonyl (C=O) groups is 1. The van der Waals surface area contributed by atoms with Crippen molar-refractivity contribution in [2.24, 2.45) is 5.92 Å². The molecule has 0 radical (unpaired) electrons. The number of amides is 1. The van der Waals surface area contributed by atoms with E-state index in [1.807, 2.05) is 61.0 Å². The number of pyridine rings is 1. The van der Waals surface area contributed by atoms with Crippen molar-refractivity contribution in [2.75, 3.05) is 11.9 Å². The van der Waals surface area contributed by atoms with Crippen LogP contribution in [0.5, 0.6) is 5.88 Å². The van der Waals surface area contributed by atoms with Gasteiger partial charge in [-0.2, -0.15) is 5.10 Å². The lowest BCUT2D eigenvalue weighted by atomic mass is 10.0. The molecule has 6 nitrogen and oxygen atoms in total. The zero-order valence-corrected chi connectivity index (χ0v) is 16.2. The van der Waals surface area contributed by atoms with Gasteiger partial charge in [0.2, 0.25) is 11.8 Å². The molecule has 144 valence electrons. The molecule has 1 N–H and O–H groups in total. The second kappa shape index (κ2) is 7.84. The summed E-state index contributed by atoms with van der Waals surface area (Å²) in [7, 11) is 0. The smallest absolute Gasteiger partial charge is 0.228 e. The zero-order chi connectivity index (χ0) is 19.5. The van der Waals surface area contributed by atoms with Gasteiger partial charge in [0.1, 0.15) is 11.5 Å². The molecule has 1 atom stereocenters. The molecule has 1 amide bonds. The van der Waals surface area contributed by atoms with Crippen LogP contribution in [0.15, 0.2) is 48.7 Å². The first-order valence-corrected chi connectivity index (χ1v) is 9.73. The lowest BCUT2D eigenvalue weighted by Gasteiger charge is -2.16. The van der Waals surface area contributed by atoms with E-state index in [0.29, 0.717) is 12.4 Å². The summed E-state index contributed by atoms with van der Waals surface area (Å²) in [5, 5.41) is 7.73. The van der Waals surface area contributed by atoms with Gasteiger partial charge >= 0.3 is 0 Å². The Morgan fingerprint density at radius 2 is 2.07 bits per heavy atom. The van der Waals surface area contributed by atoms with Gasteiger partial charge in [0, 0.05) is 30.6 Å². The Morgan fingerprint density at radius 1 is 1.25 bits per heavy atom. The van der Waals surface area contributed by atoms with E-state index in [1.54, 1.807) is 6.20 Å². The molecule has 0 spiro atoms. The predicted molar refractivity (Wildman–Crippen MR) is 109 cm³/mol. The number of aromatic nitrogens is 3. The van der Waals surface area contributed by atoms with Crippen LogP contribution in [0.3, 0.4) is 0 Å². The molecule has 0 aliphatic carbocycles. The number of hydrogen-bond donors (Lipinski definition) is 1. The first-order chi connectivity index (χ1) is 13.7. The number of nitrogens with zero attached hydrogens (tertiary/aromatic N) is 3. The van der Waals surface area contributed by atoms with Crippen LogP contribution in [0.25, 0.3) is 22.4 Å². The van der Waals surface area contributed by atoms with E-state index in [9.17, 15) is 4.79 Å². The molecule has 0 saturated heterocycles. The van der Waals surface area contributed by atoms with E-state index in [-0.39, 0.29) is 11.8 Å². The number of nitrogens with one attached hydrogen (secondary N) is 1. The van der Waals surface area contributed by atoms with E-state index in [2.05, 4.69) is 10.3 Å². The molecule has 1 aliphatic rings. The molecule has 2 aromatic heterocycles. The second-order valence-corrected chi connectivity index (χ2v) is 7.05. The Kier molecular flexibility index (Phi) is 5.10. The van der Waals surface area contributed by atoms with Crippen molar-refractivity contribution in [3.63, 3.8) is 0 Å². The highest BCUT2D eigenvalue weighted by atomic mass is 16.5. The standard InChI is InChI=1S/C22H24N4O2/c1-3-15(2)21(27)24-18-14-17(10-11-23-18)19-20(16-8-5-4-6-9-16)25-26-12-7-13-28-22(19)26/h4-6,8-11,14-15H,3,7,12-13H2,1-2H3,(H,23,24,27). The van der Waals surface area contributed by atoms with Gasteiger partial charge < -0.3 is 10.1 Å². The van der Waals surface area contributed by atoms with Gasteiger partial charge in [-0.3, -0.25) is 4.79 Å². The van der Waals surface area contributed by atoms with Crippen molar-refractivity contribution in [3.05, 3.63) is 48.7 Å². The lowest BCUT2D eigenvalue weighted by Crippen LogP contribution is -2.20. The second-order valence-electron chi connectivity index (χ2n) is 7.05. The summed E-state index contributed by atoms with van der Waals surface area (Å²) in [5.74, 6) is 1.23. The van der Waals surface area contributed by atoms with Gasteiger partial charge in [0.15, 0.2) is 0 Å². The number of benzene rings is 1. The topological polar surface area (TPSA) is 69.0 Å². The third-order valence-corrected chi connectivity index (χ3v) is 5.07. The Bertz CT molecular complexity index is 981. The Morgan fingerprint density at radius 3 is 2.86 bits per heavy atom. The molecule has 4 rings (SSSR count). The van der Waals surface area contributed by atoms with E-state index in [1.165, 1.54) is 0 Å². The molecule has 28 heavy (non-hydrogen) atoms. The number of aryl methyl sites for hydroxylation is 1. The van der Waals surface area contributed by atoms with E-state index in [0.717, 1.165) is 47.7 Å². The van der Waals surface area contributed by atoms with Crippen LogP contribution in [0.4, 0.5) is 5.82 Å². The van der Waals surface area contributed by atoms with Gasteiger partial charge in [-0.15, -0.1) is 0 Å². The molecule has 3 aromatic rings. The number of fused-ring (bicyclic) bond motifs is 1. The molecule has 0 saturated carbocycles. The van der Waals surface area contributed by atoms with Crippen molar-refractivity contribution < 1.29 is 9.53 Å². The minimum absolute atomic E-state index is 0.0243. The molecule has 1 aliphatic heterocycles. The maximum absolute atomic E-state index is 12.3. The van der Waals surface area contributed by atoms with Crippen LogP contribution in [-0.2, 0) is 11.3 Å². The van der Waals surface area contributed by atoms with Crippen LogP contribution in [0.2, 0.25) is 0 Å². The number of hydrogen-bond acceptors (Lipinski definition) is 4. The molecule has 0 fully saturated rings. The fraction of sp³-hybridized carbons (Fsp3) is 0.318. The molecular formula is C22H24N4O2. The van der Waals surface area contributed by atoms with Gasteiger partial charge in [0.05, 0.1) is 12.2 Å². The average Bonchev–Trinajstić information content (AvgIpc) is 3.13. The maximum Gasteiger partial charge on any atom is 0.228 e. The van der Waals surface area contributed by atoms with E-state index in [4.69, 9.17) is 9.84 Å². The quantitative estimate of drug-likeness (QED) is 0.717. The first kappa shape index (κ1) is 18.2. The van der Waals surface area contributed by atoms with Crippen molar-refractivity contribution in [1.82, 2.24) is 14.8 Å². The van der Waals surface area contributed by atoms with Gasteiger partial charge in [0.25, 0.3) is 0 Å². The summed E-state index contributed by atoms with van der Waals surface area (Å²) in [6.07, 6.45) is 3.44. The fourth-order valence-electron chi connectivity index (χ4n) is 3.28. The molecule has 1 unspecified atom stereocenters. The van der Waals surface area contributed by atoms with Crippen LogP contribution in [0.1, 0.15) is 26.7 Å².